The van der Waals surface area contributed by atoms with E-state index in [9.17, 15) is 9.18 Å². The number of hydrogen-bond donors (Lipinski definition) is 1. The van der Waals surface area contributed by atoms with E-state index in [1.807, 2.05) is 6.07 Å². The van der Waals surface area contributed by atoms with Gasteiger partial charge in [-0.1, -0.05) is 17.8 Å². The number of aromatic nitrogens is 4. The van der Waals surface area contributed by atoms with Crippen LogP contribution in [0.25, 0.3) is 17.1 Å². The van der Waals surface area contributed by atoms with E-state index < -0.39 is 5.25 Å². The molecule has 0 saturated heterocycles. The van der Waals surface area contributed by atoms with Gasteiger partial charge in [-0.15, -0.1) is 10.2 Å². The van der Waals surface area contributed by atoms with E-state index in [1.165, 1.54) is 23.9 Å². The van der Waals surface area contributed by atoms with E-state index in [2.05, 4.69) is 20.5 Å². The summed E-state index contributed by atoms with van der Waals surface area (Å²) in [6.07, 6.45) is 3.30. The minimum atomic E-state index is -0.519. The summed E-state index contributed by atoms with van der Waals surface area (Å²) in [5, 5.41) is 20.4. The number of hydrogen-bond acceptors (Lipinski definition) is 6. The van der Waals surface area contributed by atoms with Crippen LogP contribution in [0, 0.1) is 17.1 Å². The van der Waals surface area contributed by atoms with E-state index in [4.69, 9.17) is 5.26 Å². The molecule has 0 bridgehead atoms. The Morgan fingerprint density at radius 1 is 1.12 bits per heavy atom. The number of pyridine rings is 1. The number of nitrogens with zero attached hydrogens (tertiary/aromatic N) is 5. The number of nitrogens with one attached hydrogen (secondary N) is 1. The Labute approximate surface area is 188 Å². The predicted octanol–water partition coefficient (Wildman–Crippen LogP) is 4.46. The second-order valence-corrected chi connectivity index (χ2v) is 8.10. The number of carbonyl (C=O) groups is 1. The van der Waals surface area contributed by atoms with Crippen molar-refractivity contribution >= 4 is 23.4 Å². The van der Waals surface area contributed by atoms with Crippen LogP contribution < -0.4 is 5.32 Å². The summed E-state index contributed by atoms with van der Waals surface area (Å²) in [6, 6.07) is 18.3. The Bertz CT molecular complexity index is 1280. The van der Waals surface area contributed by atoms with E-state index >= 15 is 0 Å². The molecule has 4 aromatic rings. The molecule has 1 unspecified atom stereocenters. The highest BCUT2D eigenvalue weighted by molar-refractivity contribution is 8.00. The standard InChI is InChI=1S/C23H17FN6OS/c1-15(22(31)27-19-4-2-3-16(13-19)14-25)32-23-29-28-21(17-9-11-26-12-10-17)30(23)20-7-5-18(24)6-8-20/h2-13,15H,1H3,(H,27,31). The maximum absolute atomic E-state index is 13.5. The molecule has 1 atom stereocenters. The van der Waals surface area contributed by atoms with Crippen molar-refractivity contribution in [2.24, 2.45) is 0 Å². The van der Waals surface area contributed by atoms with Crippen LogP contribution >= 0.6 is 11.8 Å². The average molecular weight is 444 g/mol. The number of carbonyl (C=O) groups excluding carboxylic acids is 1. The summed E-state index contributed by atoms with van der Waals surface area (Å²) < 4.78 is 15.3. The van der Waals surface area contributed by atoms with Gasteiger partial charge in [-0.05, 0) is 61.5 Å². The van der Waals surface area contributed by atoms with Crippen LogP contribution in [0.3, 0.4) is 0 Å². The summed E-state index contributed by atoms with van der Waals surface area (Å²) >= 11 is 1.22. The number of anilines is 1. The summed E-state index contributed by atoms with van der Waals surface area (Å²) in [7, 11) is 0. The molecule has 2 aromatic carbocycles. The molecule has 0 radical (unpaired) electrons. The topological polar surface area (TPSA) is 96.5 Å². The summed E-state index contributed by atoms with van der Waals surface area (Å²) in [6.45, 7) is 1.75. The molecule has 0 aliphatic rings. The van der Waals surface area contributed by atoms with Gasteiger partial charge in [-0.3, -0.25) is 14.3 Å². The number of amides is 1. The van der Waals surface area contributed by atoms with Gasteiger partial charge in [0.25, 0.3) is 0 Å². The third-order valence-electron chi connectivity index (χ3n) is 4.57. The molecule has 0 aliphatic carbocycles. The highest BCUT2D eigenvalue weighted by Crippen LogP contribution is 2.30. The molecule has 0 spiro atoms. The molecular weight excluding hydrogens is 427 g/mol. The molecule has 9 heteroatoms. The van der Waals surface area contributed by atoms with Gasteiger partial charge in [0.05, 0.1) is 16.9 Å². The minimum absolute atomic E-state index is 0.246. The van der Waals surface area contributed by atoms with Crippen molar-refractivity contribution < 1.29 is 9.18 Å². The first-order valence-corrected chi connectivity index (χ1v) is 10.5. The maximum Gasteiger partial charge on any atom is 0.237 e. The van der Waals surface area contributed by atoms with Crippen molar-refractivity contribution in [3.63, 3.8) is 0 Å². The molecule has 2 aromatic heterocycles. The molecule has 158 valence electrons. The maximum atomic E-state index is 13.5. The van der Waals surface area contributed by atoms with Gasteiger partial charge in [0, 0.05) is 29.3 Å². The zero-order chi connectivity index (χ0) is 22.5. The Balaban J connectivity index is 1.63. The Kier molecular flexibility index (Phi) is 6.24. The monoisotopic (exact) mass is 444 g/mol. The fourth-order valence-corrected chi connectivity index (χ4v) is 3.85. The van der Waals surface area contributed by atoms with Gasteiger partial charge < -0.3 is 5.32 Å². The fourth-order valence-electron chi connectivity index (χ4n) is 2.98. The van der Waals surface area contributed by atoms with Crippen molar-refractivity contribution in [2.75, 3.05) is 5.32 Å². The Morgan fingerprint density at radius 3 is 2.59 bits per heavy atom. The van der Waals surface area contributed by atoms with E-state index in [1.54, 1.807) is 72.4 Å². The smallest absolute Gasteiger partial charge is 0.237 e. The van der Waals surface area contributed by atoms with Crippen molar-refractivity contribution in [2.45, 2.75) is 17.3 Å². The predicted molar refractivity (Wildman–Crippen MR) is 120 cm³/mol. The van der Waals surface area contributed by atoms with E-state index in [0.717, 1.165) is 5.56 Å². The lowest BCUT2D eigenvalue weighted by Crippen LogP contribution is -2.23. The molecular formula is C23H17FN6OS. The zero-order valence-corrected chi connectivity index (χ0v) is 17.8. The number of thioether (sulfide) groups is 1. The lowest BCUT2D eigenvalue weighted by molar-refractivity contribution is -0.115. The SMILES string of the molecule is CC(Sc1nnc(-c2ccncc2)n1-c1ccc(F)cc1)C(=O)Nc1cccc(C#N)c1. The zero-order valence-electron chi connectivity index (χ0n) is 16.9. The second kappa shape index (κ2) is 9.41. The van der Waals surface area contributed by atoms with Crippen molar-refractivity contribution in [3.8, 4) is 23.1 Å². The van der Waals surface area contributed by atoms with Crippen LogP contribution in [0.2, 0.25) is 0 Å². The molecule has 2 heterocycles. The first-order chi connectivity index (χ1) is 15.5. The molecule has 7 nitrogen and oxygen atoms in total. The van der Waals surface area contributed by atoms with Crippen LogP contribution in [-0.2, 0) is 4.79 Å². The summed E-state index contributed by atoms with van der Waals surface area (Å²) in [4.78, 5) is 16.8. The first-order valence-electron chi connectivity index (χ1n) is 9.64. The van der Waals surface area contributed by atoms with Gasteiger partial charge >= 0.3 is 0 Å². The fraction of sp³-hybridized carbons (Fsp3) is 0.0870. The highest BCUT2D eigenvalue weighted by Gasteiger charge is 2.22. The Morgan fingerprint density at radius 2 is 1.88 bits per heavy atom. The van der Waals surface area contributed by atoms with Gasteiger partial charge in [0.1, 0.15) is 5.82 Å². The number of halogens is 1. The molecule has 1 amide bonds. The minimum Gasteiger partial charge on any atom is -0.325 e. The van der Waals surface area contributed by atoms with Crippen LogP contribution in [0.1, 0.15) is 12.5 Å². The van der Waals surface area contributed by atoms with E-state index in [-0.39, 0.29) is 11.7 Å². The molecule has 0 fully saturated rings. The first kappa shape index (κ1) is 21.2. The quantitative estimate of drug-likeness (QED) is 0.441. The lowest BCUT2D eigenvalue weighted by atomic mass is 10.2. The number of benzene rings is 2. The summed E-state index contributed by atoms with van der Waals surface area (Å²) in [5.74, 6) is -0.0473. The third-order valence-corrected chi connectivity index (χ3v) is 5.61. The van der Waals surface area contributed by atoms with Crippen LogP contribution in [0.4, 0.5) is 10.1 Å². The Hall–Kier alpha value is -4.03. The summed E-state index contributed by atoms with van der Waals surface area (Å²) in [5.41, 5.74) is 2.45. The lowest BCUT2D eigenvalue weighted by Gasteiger charge is -2.14. The normalized spacial score (nSPS) is 11.5. The molecule has 32 heavy (non-hydrogen) atoms. The average Bonchev–Trinajstić information content (AvgIpc) is 3.23. The van der Waals surface area contributed by atoms with Crippen molar-refractivity contribution in [1.82, 2.24) is 19.7 Å². The van der Waals surface area contributed by atoms with Gasteiger partial charge in [0.15, 0.2) is 11.0 Å². The van der Waals surface area contributed by atoms with Gasteiger partial charge in [0.2, 0.25) is 5.91 Å². The largest absolute Gasteiger partial charge is 0.325 e. The second-order valence-electron chi connectivity index (χ2n) is 6.80. The molecule has 0 saturated carbocycles. The molecule has 1 N–H and O–H groups in total. The number of nitriles is 1. The van der Waals surface area contributed by atoms with Gasteiger partial charge in [-0.2, -0.15) is 5.26 Å². The van der Waals surface area contributed by atoms with E-state index in [0.29, 0.717) is 27.9 Å². The number of rotatable bonds is 6. The van der Waals surface area contributed by atoms with Crippen molar-refractivity contribution in [1.29, 1.82) is 5.26 Å². The third kappa shape index (κ3) is 4.66. The highest BCUT2D eigenvalue weighted by atomic mass is 32.2. The van der Waals surface area contributed by atoms with Crippen LogP contribution in [0.5, 0.6) is 0 Å². The van der Waals surface area contributed by atoms with Crippen LogP contribution in [-0.4, -0.2) is 30.9 Å². The van der Waals surface area contributed by atoms with Crippen LogP contribution in [0.15, 0.2) is 78.2 Å². The molecule has 0 aliphatic heterocycles. The van der Waals surface area contributed by atoms with Crippen molar-refractivity contribution in [3.05, 3.63) is 84.4 Å². The van der Waals surface area contributed by atoms with Gasteiger partial charge in [-0.25, -0.2) is 4.39 Å². The molecule has 4 rings (SSSR count).